The molecule has 0 saturated heterocycles. The molecule has 1 aliphatic carbocycles. The first-order chi connectivity index (χ1) is 17.1. The minimum atomic E-state index is -0.398. The molecule has 0 aromatic heterocycles. The number of hydrogen-bond acceptors (Lipinski definition) is 6. The normalized spacial score (nSPS) is 16.1. The van der Waals surface area contributed by atoms with Crippen LogP contribution in [0.15, 0.2) is 66.8 Å². The lowest BCUT2D eigenvalue weighted by Crippen LogP contribution is -2.08. The van der Waals surface area contributed by atoms with Crippen LogP contribution < -0.4 is 9.47 Å². The van der Waals surface area contributed by atoms with Crippen LogP contribution in [0.3, 0.4) is 0 Å². The van der Waals surface area contributed by atoms with E-state index in [0.717, 1.165) is 56.5 Å². The summed E-state index contributed by atoms with van der Waals surface area (Å²) in [6.07, 6.45) is 11.4. The van der Waals surface area contributed by atoms with Crippen molar-refractivity contribution in [2.45, 2.75) is 6.42 Å². The van der Waals surface area contributed by atoms with Crippen LogP contribution in [-0.2, 0) is 25.5 Å². The second kappa shape index (κ2) is 9.50. The van der Waals surface area contributed by atoms with Gasteiger partial charge in [0.1, 0.15) is 11.5 Å². The van der Waals surface area contributed by atoms with Crippen LogP contribution in [0.25, 0.3) is 34.1 Å². The number of benzene rings is 3. The number of esters is 2. The van der Waals surface area contributed by atoms with Gasteiger partial charge >= 0.3 is 11.9 Å². The van der Waals surface area contributed by atoms with Crippen LogP contribution in [-0.4, -0.2) is 33.0 Å². The van der Waals surface area contributed by atoms with Gasteiger partial charge in [-0.25, -0.2) is 9.59 Å². The fraction of sp³-hybridized carbons (Fsp3) is 0.172. The largest absolute Gasteiger partial charge is 0.466 e. The lowest BCUT2D eigenvalue weighted by molar-refractivity contribution is -0.135. The molecule has 6 nitrogen and oxygen atoms in total. The highest BCUT2D eigenvalue weighted by Gasteiger charge is 2.25. The number of carbonyl (C=O) groups is 2. The smallest absolute Gasteiger partial charge is 0.330 e. The maximum absolute atomic E-state index is 11.5. The third-order valence-corrected chi connectivity index (χ3v) is 6.24. The van der Waals surface area contributed by atoms with Gasteiger partial charge in [-0.1, -0.05) is 42.5 Å². The van der Waals surface area contributed by atoms with Crippen molar-refractivity contribution < 1.29 is 28.5 Å². The quantitative estimate of drug-likeness (QED) is 0.380. The number of rotatable bonds is 4. The molecule has 1 aliphatic heterocycles. The zero-order valence-electron chi connectivity index (χ0n) is 19.4. The summed E-state index contributed by atoms with van der Waals surface area (Å²) in [6, 6.07) is 14.1. The van der Waals surface area contributed by atoms with E-state index in [1.54, 1.807) is 6.08 Å². The van der Waals surface area contributed by atoms with Gasteiger partial charge in [-0.2, -0.15) is 0 Å². The summed E-state index contributed by atoms with van der Waals surface area (Å²) in [5.41, 5.74) is 5.11. The van der Waals surface area contributed by atoms with Gasteiger partial charge in [-0.15, -0.1) is 0 Å². The number of carbonyl (C=O) groups excluding carboxylic acids is 2. The van der Waals surface area contributed by atoms with Crippen LogP contribution in [0.2, 0.25) is 0 Å². The summed E-state index contributed by atoms with van der Waals surface area (Å²) >= 11 is 0. The molecule has 176 valence electrons. The van der Waals surface area contributed by atoms with E-state index in [1.807, 2.05) is 42.5 Å². The van der Waals surface area contributed by atoms with Crippen molar-refractivity contribution in [2.75, 3.05) is 21.0 Å². The zero-order valence-corrected chi connectivity index (χ0v) is 19.4. The Morgan fingerprint density at radius 2 is 1.66 bits per heavy atom. The Morgan fingerprint density at radius 1 is 0.914 bits per heavy atom. The van der Waals surface area contributed by atoms with Crippen LogP contribution in [0, 0.1) is 5.92 Å². The second-order valence-electron chi connectivity index (χ2n) is 8.30. The fourth-order valence-corrected chi connectivity index (χ4v) is 4.53. The van der Waals surface area contributed by atoms with Gasteiger partial charge in [0, 0.05) is 23.3 Å². The highest BCUT2D eigenvalue weighted by Crippen LogP contribution is 2.47. The molecule has 3 aromatic carbocycles. The summed E-state index contributed by atoms with van der Waals surface area (Å²) in [6.45, 7) is 0.123. The highest BCUT2D eigenvalue weighted by atomic mass is 16.7. The molecule has 6 heteroatoms. The zero-order chi connectivity index (χ0) is 24.4. The van der Waals surface area contributed by atoms with Gasteiger partial charge in [0.2, 0.25) is 6.79 Å². The van der Waals surface area contributed by atoms with Gasteiger partial charge in [0.15, 0.2) is 0 Å². The first-order valence-electron chi connectivity index (χ1n) is 11.3. The van der Waals surface area contributed by atoms with Crippen molar-refractivity contribution in [3.05, 3.63) is 83.5 Å². The van der Waals surface area contributed by atoms with Crippen molar-refractivity contribution in [1.29, 1.82) is 0 Å². The Morgan fingerprint density at radius 3 is 2.46 bits per heavy atom. The number of fused-ring (bicyclic) bond motifs is 7. The van der Waals surface area contributed by atoms with Crippen molar-refractivity contribution in [3.8, 4) is 22.6 Å². The monoisotopic (exact) mass is 468 g/mol. The molecule has 0 bridgehead atoms. The molecule has 1 unspecified atom stereocenters. The second-order valence-corrected chi connectivity index (χ2v) is 8.30. The fourth-order valence-electron chi connectivity index (χ4n) is 4.53. The van der Waals surface area contributed by atoms with Gasteiger partial charge in [0.05, 0.1) is 14.2 Å². The topological polar surface area (TPSA) is 71.1 Å². The van der Waals surface area contributed by atoms with E-state index in [4.69, 9.17) is 18.9 Å². The molecule has 0 saturated carbocycles. The predicted octanol–water partition coefficient (Wildman–Crippen LogP) is 5.34. The molecule has 0 N–H and O–H groups in total. The molecule has 0 fully saturated rings. The number of ether oxygens (including phenoxy) is 4. The standard InChI is InChI=1S/C29H24O6/c1-32-26(30)13-5-18-3-9-22-20(15-18)7-11-24-28(22)29-23-10-4-19(6-14-27(31)33-2)16-21(23)8-12-25(29)35-17-34-24/h3-15,19H,16-17H2,1-2H3/b13-5+,14-6+. The Hall–Kier alpha value is -4.32. The lowest BCUT2D eigenvalue weighted by Gasteiger charge is -2.22. The summed E-state index contributed by atoms with van der Waals surface area (Å²) < 4.78 is 21.3. The van der Waals surface area contributed by atoms with E-state index in [0.29, 0.717) is 0 Å². The molecule has 3 aromatic rings. The average Bonchev–Trinajstić information content (AvgIpc) is 3.09. The maximum Gasteiger partial charge on any atom is 0.330 e. The first kappa shape index (κ1) is 22.5. The van der Waals surface area contributed by atoms with Gasteiger partial charge in [0.25, 0.3) is 0 Å². The molecule has 0 spiro atoms. The first-order valence-corrected chi connectivity index (χ1v) is 11.3. The third kappa shape index (κ3) is 4.43. The van der Waals surface area contributed by atoms with E-state index < -0.39 is 5.97 Å². The maximum atomic E-state index is 11.5. The van der Waals surface area contributed by atoms with Crippen LogP contribution in [0.5, 0.6) is 11.5 Å². The minimum absolute atomic E-state index is 0.0961. The predicted molar refractivity (Wildman–Crippen MR) is 134 cm³/mol. The van der Waals surface area contributed by atoms with Crippen molar-refractivity contribution in [1.82, 2.24) is 0 Å². The van der Waals surface area contributed by atoms with Crippen LogP contribution in [0.1, 0.15) is 16.7 Å². The van der Waals surface area contributed by atoms with Crippen LogP contribution >= 0.6 is 0 Å². The molecule has 0 amide bonds. The van der Waals surface area contributed by atoms with Crippen molar-refractivity contribution in [2.24, 2.45) is 5.92 Å². The molecular formula is C29H24O6. The third-order valence-electron chi connectivity index (χ3n) is 6.24. The van der Waals surface area contributed by atoms with E-state index in [2.05, 4.69) is 18.2 Å². The Kier molecular flexibility index (Phi) is 6.10. The SMILES string of the molecule is COC(=O)/C=C/c1ccc2c3c(ccc2c1)OCOc1ccc2c(c1-3)C=CC(/C=C/C(=O)OC)C2. The van der Waals surface area contributed by atoms with Gasteiger partial charge in [-0.05, 0) is 64.1 Å². The van der Waals surface area contributed by atoms with E-state index in [-0.39, 0.29) is 18.7 Å². The Bertz CT molecular complexity index is 1410. The van der Waals surface area contributed by atoms with E-state index in [9.17, 15) is 9.59 Å². The highest BCUT2D eigenvalue weighted by molar-refractivity contribution is 6.04. The van der Waals surface area contributed by atoms with Crippen molar-refractivity contribution >= 4 is 34.9 Å². The van der Waals surface area contributed by atoms with Crippen LogP contribution in [0.4, 0.5) is 0 Å². The van der Waals surface area contributed by atoms with Gasteiger partial charge in [-0.3, -0.25) is 0 Å². The van der Waals surface area contributed by atoms with Gasteiger partial charge < -0.3 is 18.9 Å². The lowest BCUT2D eigenvalue weighted by atomic mass is 9.83. The Labute approximate surface area is 203 Å². The number of hydrogen-bond donors (Lipinski definition) is 0. The summed E-state index contributed by atoms with van der Waals surface area (Å²) in [7, 11) is 2.73. The molecular weight excluding hydrogens is 444 g/mol. The summed E-state index contributed by atoms with van der Waals surface area (Å²) in [5, 5.41) is 2.04. The van der Waals surface area contributed by atoms with Crippen molar-refractivity contribution in [3.63, 3.8) is 0 Å². The molecule has 2 aliphatic rings. The Balaban J connectivity index is 1.61. The summed E-state index contributed by atoms with van der Waals surface area (Å²) in [4.78, 5) is 23.0. The number of allylic oxidation sites excluding steroid dienone is 2. The molecule has 35 heavy (non-hydrogen) atoms. The minimum Gasteiger partial charge on any atom is -0.466 e. The number of methoxy groups -OCH3 is 2. The molecule has 1 atom stereocenters. The molecule has 0 radical (unpaired) electrons. The summed E-state index contributed by atoms with van der Waals surface area (Å²) in [5.74, 6) is 0.850. The van der Waals surface area contributed by atoms with E-state index in [1.165, 1.54) is 26.4 Å². The molecule has 1 heterocycles. The van der Waals surface area contributed by atoms with E-state index >= 15 is 0 Å². The molecule has 5 rings (SSSR count). The average molecular weight is 469 g/mol.